The second-order valence-corrected chi connectivity index (χ2v) is 7.46. The summed E-state index contributed by atoms with van der Waals surface area (Å²) < 4.78 is 18.7. The number of nitro benzene ring substituents is 1. The maximum Gasteiger partial charge on any atom is 0.319 e. The Morgan fingerprint density at radius 2 is 1.82 bits per heavy atom. The lowest BCUT2D eigenvalue weighted by molar-refractivity contribution is -0.384. The summed E-state index contributed by atoms with van der Waals surface area (Å²) in [5.41, 5.74) is 0.677. The Labute approximate surface area is 165 Å². The molecule has 0 saturated heterocycles. The van der Waals surface area contributed by atoms with Crippen molar-refractivity contribution in [3.8, 4) is 0 Å². The highest BCUT2D eigenvalue weighted by atomic mass is 32.2. The number of carbonyl (C=O) groups is 2. The Morgan fingerprint density at radius 3 is 2.39 bits per heavy atom. The molecule has 1 amide bonds. The average Bonchev–Trinajstić information content (AvgIpc) is 2.65. The number of aryl methyl sites for hydroxylation is 1. The first-order chi connectivity index (χ1) is 13.2. The number of non-ortho nitro benzene ring substituents is 1. The molecule has 0 aliphatic rings. The number of benzene rings is 2. The second-order valence-electron chi connectivity index (χ2n) is 6.04. The quantitative estimate of drug-likeness (QED) is 0.322. The summed E-state index contributed by atoms with van der Waals surface area (Å²) in [5, 5.41) is 12.5. The van der Waals surface area contributed by atoms with E-state index < -0.39 is 34.0 Å². The van der Waals surface area contributed by atoms with E-state index in [4.69, 9.17) is 4.74 Å². The molecule has 0 radical (unpaired) electrons. The molecule has 0 spiro atoms. The highest BCUT2D eigenvalue weighted by Gasteiger charge is 2.23. The number of hydrogen-bond donors (Lipinski definition) is 1. The van der Waals surface area contributed by atoms with Gasteiger partial charge in [0.1, 0.15) is 11.1 Å². The Kier molecular flexibility index (Phi) is 7.11. The number of nitrogens with zero attached hydrogens (tertiary/aromatic N) is 1. The maximum absolute atomic E-state index is 13.5. The molecule has 28 heavy (non-hydrogen) atoms. The van der Waals surface area contributed by atoms with Crippen molar-refractivity contribution >= 4 is 35.0 Å². The van der Waals surface area contributed by atoms with E-state index in [1.54, 1.807) is 19.9 Å². The number of nitro groups is 1. The van der Waals surface area contributed by atoms with Crippen molar-refractivity contribution in [2.75, 3.05) is 5.32 Å². The van der Waals surface area contributed by atoms with Crippen LogP contribution in [0.15, 0.2) is 47.4 Å². The molecule has 7 nitrogen and oxygen atoms in total. The summed E-state index contributed by atoms with van der Waals surface area (Å²) in [6.45, 7) is 4.63. The third-order valence-corrected chi connectivity index (χ3v) is 4.88. The minimum absolute atomic E-state index is 0.0441. The topological polar surface area (TPSA) is 98.5 Å². The predicted octanol–water partition coefficient (Wildman–Crippen LogP) is 4.09. The first-order valence-corrected chi connectivity index (χ1v) is 9.24. The van der Waals surface area contributed by atoms with Gasteiger partial charge in [-0.25, -0.2) is 4.39 Å². The molecule has 2 aromatic carbocycles. The molecule has 0 fully saturated rings. The Balaban J connectivity index is 1.90. The van der Waals surface area contributed by atoms with E-state index in [-0.39, 0.29) is 11.4 Å². The number of esters is 1. The van der Waals surface area contributed by atoms with Crippen LogP contribution < -0.4 is 5.32 Å². The molecule has 148 valence electrons. The normalized spacial score (nSPS) is 12.7. The van der Waals surface area contributed by atoms with Gasteiger partial charge in [0.05, 0.1) is 4.92 Å². The highest BCUT2D eigenvalue weighted by molar-refractivity contribution is 8.00. The van der Waals surface area contributed by atoms with Gasteiger partial charge in [0.25, 0.3) is 11.6 Å². The maximum atomic E-state index is 13.5. The van der Waals surface area contributed by atoms with Crippen LogP contribution in [0, 0.1) is 22.9 Å². The summed E-state index contributed by atoms with van der Waals surface area (Å²) in [4.78, 5) is 35.1. The number of nitrogens with one attached hydrogen (secondary N) is 1. The third kappa shape index (κ3) is 5.78. The van der Waals surface area contributed by atoms with Crippen molar-refractivity contribution in [3.63, 3.8) is 0 Å². The Morgan fingerprint density at radius 1 is 1.18 bits per heavy atom. The van der Waals surface area contributed by atoms with Crippen LogP contribution >= 0.6 is 11.8 Å². The molecule has 0 aromatic heterocycles. The predicted molar refractivity (Wildman–Crippen MR) is 104 cm³/mol. The molecule has 2 atom stereocenters. The summed E-state index contributed by atoms with van der Waals surface area (Å²) >= 11 is 1.15. The standard InChI is InChI=1S/C19H19FN2O5S/c1-11-4-5-14(10-17(11)20)21-18(23)12(2)27-19(24)13(3)28-16-8-6-15(7-9-16)22(25)26/h4-10,12-13H,1-3H3,(H,21,23)/t12-,13-/m0/s1. The number of halogens is 1. The summed E-state index contributed by atoms with van der Waals surface area (Å²) in [7, 11) is 0. The van der Waals surface area contributed by atoms with Gasteiger partial charge in [-0.05, 0) is 50.6 Å². The van der Waals surface area contributed by atoms with Crippen LogP contribution in [-0.2, 0) is 14.3 Å². The Hall–Kier alpha value is -2.94. The molecule has 0 saturated carbocycles. The monoisotopic (exact) mass is 406 g/mol. The largest absolute Gasteiger partial charge is 0.452 e. The van der Waals surface area contributed by atoms with Gasteiger partial charge < -0.3 is 10.1 Å². The van der Waals surface area contributed by atoms with Crippen LogP contribution in [0.2, 0.25) is 0 Å². The number of thioether (sulfide) groups is 1. The van der Waals surface area contributed by atoms with Gasteiger partial charge in [0.15, 0.2) is 6.10 Å². The fourth-order valence-corrected chi connectivity index (χ4v) is 2.99. The zero-order valence-corrected chi connectivity index (χ0v) is 16.3. The van der Waals surface area contributed by atoms with Crippen LogP contribution in [0.1, 0.15) is 19.4 Å². The van der Waals surface area contributed by atoms with Crippen molar-refractivity contribution < 1.29 is 23.6 Å². The van der Waals surface area contributed by atoms with E-state index in [9.17, 15) is 24.1 Å². The zero-order chi connectivity index (χ0) is 20.8. The van der Waals surface area contributed by atoms with E-state index in [2.05, 4.69) is 5.32 Å². The molecular formula is C19H19FN2O5S. The Bertz CT molecular complexity index is 888. The minimum Gasteiger partial charge on any atom is -0.452 e. The summed E-state index contributed by atoms with van der Waals surface area (Å²) in [6, 6.07) is 10.0. The zero-order valence-electron chi connectivity index (χ0n) is 15.5. The van der Waals surface area contributed by atoms with Crippen LogP contribution in [0.25, 0.3) is 0 Å². The summed E-state index contributed by atoms with van der Waals surface area (Å²) in [5.74, 6) is -1.64. The number of hydrogen-bond acceptors (Lipinski definition) is 6. The van der Waals surface area contributed by atoms with E-state index >= 15 is 0 Å². The van der Waals surface area contributed by atoms with Gasteiger partial charge in [-0.3, -0.25) is 19.7 Å². The highest BCUT2D eigenvalue weighted by Crippen LogP contribution is 2.26. The molecule has 0 aliphatic heterocycles. The molecule has 2 rings (SSSR count). The first-order valence-electron chi connectivity index (χ1n) is 8.36. The van der Waals surface area contributed by atoms with Crippen molar-refractivity contribution in [2.24, 2.45) is 0 Å². The fraction of sp³-hybridized carbons (Fsp3) is 0.263. The van der Waals surface area contributed by atoms with Gasteiger partial charge in [-0.2, -0.15) is 0 Å². The van der Waals surface area contributed by atoms with Gasteiger partial charge in [-0.15, -0.1) is 11.8 Å². The average molecular weight is 406 g/mol. The number of carbonyl (C=O) groups excluding carboxylic acids is 2. The smallest absolute Gasteiger partial charge is 0.319 e. The minimum atomic E-state index is -1.07. The number of ether oxygens (including phenoxy) is 1. The van der Waals surface area contributed by atoms with Crippen molar-refractivity contribution in [1.82, 2.24) is 0 Å². The number of anilines is 1. The third-order valence-electron chi connectivity index (χ3n) is 3.79. The molecule has 0 bridgehead atoms. The summed E-state index contributed by atoms with van der Waals surface area (Å²) in [6.07, 6.45) is -1.07. The van der Waals surface area contributed by atoms with Gasteiger partial charge in [0.2, 0.25) is 0 Å². The molecule has 1 N–H and O–H groups in total. The first kappa shape index (κ1) is 21.4. The van der Waals surface area contributed by atoms with Gasteiger partial charge in [-0.1, -0.05) is 6.07 Å². The van der Waals surface area contributed by atoms with E-state index in [0.717, 1.165) is 11.8 Å². The molecule has 0 aliphatic carbocycles. The van der Waals surface area contributed by atoms with Crippen molar-refractivity contribution in [3.05, 3.63) is 64.0 Å². The van der Waals surface area contributed by atoms with Crippen LogP contribution in [0.5, 0.6) is 0 Å². The van der Waals surface area contributed by atoms with Gasteiger partial charge in [0, 0.05) is 22.7 Å². The van der Waals surface area contributed by atoms with Crippen LogP contribution in [0.3, 0.4) is 0 Å². The second kappa shape index (κ2) is 9.32. The van der Waals surface area contributed by atoms with Crippen LogP contribution in [0.4, 0.5) is 15.8 Å². The van der Waals surface area contributed by atoms with Crippen molar-refractivity contribution in [2.45, 2.75) is 37.0 Å². The lowest BCUT2D eigenvalue weighted by Crippen LogP contribution is -2.32. The lowest BCUT2D eigenvalue weighted by Gasteiger charge is -2.16. The molecule has 0 heterocycles. The molecule has 2 aromatic rings. The van der Waals surface area contributed by atoms with Crippen molar-refractivity contribution in [1.29, 1.82) is 0 Å². The number of amides is 1. The fourth-order valence-electron chi connectivity index (χ4n) is 2.14. The lowest BCUT2D eigenvalue weighted by atomic mass is 10.2. The van der Waals surface area contributed by atoms with Gasteiger partial charge >= 0.3 is 5.97 Å². The number of rotatable bonds is 7. The molecule has 9 heteroatoms. The van der Waals surface area contributed by atoms with Crippen LogP contribution in [-0.4, -0.2) is 28.2 Å². The van der Waals surface area contributed by atoms with E-state index in [1.165, 1.54) is 43.3 Å². The van der Waals surface area contributed by atoms with E-state index in [0.29, 0.717) is 10.5 Å². The van der Waals surface area contributed by atoms with E-state index in [1.807, 2.05) is 0 Å². The SMILES string of the molecule is Cc1ccc(NC(=O)[C@H](C)OC(=O)[C@H](C)Sc2ccc([N+](=O)[O-])cc2)cc1F. The molecular weight excluding hydrogens is 387 g/mol. The molecule has 0 unspecified atom stereocenters.